The molecule has 23 heavy (non-hydrogen) atoms. The van der Waals surface area contributed by atoms with Gasteiger partial charge < -0.3 is 9.47 Å². The van der Waals surface area contributed by atoms with Gasteiger partial charge >= 0.3 is 0 Å². The van der Waals surface area contributed by atoms with Gasteiger partial charge in [-0.25, -0.2) is 0 Å². The quantitative estimate of drug-likeness (QED) is 0.613. The number of rotatable bonds is 2. The van der Waals surface area contributed by atoms with Crippen LogP contribution in [0.4, 0.5) is 0 Å². The van der Waals surface area contributed by atoms with Crippen molar-refractivity contribution < 1.29 is 9.47 Å². The summed E-state index contributed by atoms with van der Waals surface area (Å²) in [4.78, 5) is 0. The van der Waals surface area contributed by atoms with E-state index in [1.54, 1.807) is 7.11 Å². The van der Waals surface area contributed by atoms with E-state index in [1.807, 2.05) is 6.07 Å². The first-order chi connectivity index (χ1) is 11.3. The van der Waals surface area contributed by atoms with Crippen molar-refractivity contribution >= 4 is 26.7 Å². The second-order valence-electron chi connectivity index (χ2n) is 5.75. The minimum absolute atomic E-state index is 0.0835. The molecule has 1 atom stereocenters. The highest BCUT2D eigenvalue weighted by Crippen LogP contribution is 2.41. The van der Waals surface area contributed by atoms with Crippen molar-refractivity contribution in [2.75, 3.05) is 13.7 Å². The molecule has 0 unspecified atom stereocenters. The van der Waals surface area contributed by atoms with Gasteiger partial charge in [-0.15, -0.1) is 0 Å². The largest absolute Gasteiger partial charge is 0.496 e. The summed E-state index contributed by atoms with van der Waals surface area (Å²) in [5, 5.41) is 2.36. The molecular weight excluding hydrogens is 352 g/mol. The second kappa shape index (κ2) is 5.99. The van der Waals surface area contributed by atoms with E-state index in [0.29, 0.717) is 0 Å². The minimum atomic E-state index is -0.0835. The van der Waals surface area contributed by atoms with Crippen molar-refractivity contribution in [2.24, 2.45) is 0 Å². The maximum Gasteiger partial charge on any atom is 0.125 e. The van der Waals surface area contributed by atoms with Crippen LogP contribution in [0.3, 0.4) is 0 Å². The summed E-state index contributed by atoms with van der Waals surface area (Å²) in [6.07, 6.45) is 0.880. The minimum Gasteiger partial charge on any atom is -0.496 e. The Morgan fingerprint density at radius 1 is 1.09 bits per heavy atom. The summed E-state index contributed by atoms with van der Waals surface area (Å²) in [7, 11) is 1.72. The first kappa shape index (κ1) is 14.7. The number of hydrogen-bond acceptors (Lipinski definition) is 2. The average Bonchev–Trinajstić information content (AvgIpc) is 2.60. The molecule has 0 saturated carbocycles. The first-order valence-corrected chi connectivity index (χ1v) is 8.53. The van der Waals surface area contributed by atoms with Crippen LogP contribution in [0.15, 0.2) is 59.1 Å². The Bertz CT molecular complexity index is 873. The van der Waals surface area contributed by atoms with Crippen LogP contribution < -0.4 is 4.74 Å². The Balaban J connectivity index is 1.98. The number of ether oxygens (including phenoxy) is 2. The normalized spacial score (nSPS) is 17.0. The number of hydrogen-bond donors (Lipinski definition) is 0. The molecule has 0 spiro atoms. The molecule has 1 aliphatic rings. The van der Waals surface area contributed by atoms with Gasteiger partial charge in [0.2, 0.25) is 0 Å². The molecule has 0 saturated heterocycles. The molecule has 3 heteroatoms. The average molecular weight is 369 g/mol. The lowest BCUT2D eigenvalue weighted by Gasteiger charge is -2.28. The molecule has 0 amide bonds. The molecule has 116 valence electrons. The van der Waals surface area contributed by atoms with Crippen LogP contribution in [0.1, 0.15) is 22.8 Å². The van der Waals surface area contributed by atoms with Crippen molar-refractivity contribution in [3.8, 4) is 5.75 Å². The fourth-order valence-corrected chi connectivity index (χ4v) is 3.76. The van der Waals surface area contributed by atoms with Crippen LogP contribution in [0.2, 0.25) is 0 Å². The maximum atomic E-state index is 6.18. The fraction of sp³-hybridized carbons (Fsp3) is 0.200. The molecule has 3 aromatic carbocycles. The zero-order valence-electron chi connectivity index (χ0n) is 12.9. The van der Waals surface area contributed by atoms with Gasteiger partial charge in [-0.05, 0) is 46.5 Å². The number of methoxy groups -OCH3 is 1. The van der Waals surface area contributed by atoms with Gasteiger partial charge in [-0.1, -0.05) is 52.3 Å². The van der Waals surface area contributed by atoms with Gasteiger partial charge in [-0.3, -0.25) is 0 Å². The summed E-state index contributed by atoms with van der Waals surface area (Å²) < 4.78 is 12.9. The monoisotopic (exact) mass is 368 g/mol. The van der Waals surface area contributed by atoms with Gasteiger partial charge in [0, 0.05) is 10.0 Å². The highest BCUT2D eigenvalue weighted by atomic mass is 79.9. The van der Waals surface area contributed by atoms with Crippen LogP contribution in [0.5, 0.6) is 5.75 Å². The molecule has 0 radical (unpaired) electrons. The summed E-state index contributed by atoms with van der Waals surface area (Å²) in [5.74, 6) is 0.876. The molecule has 2 nitrogen and oxygen atoms in total. The van der Waals surface area contributed by atoms with Crippen molar-refractivity contribution in [2.45, 2.75) is 12.5 Å². The topological polar surface area (TPSA) is 18.5 Å². The van der Waals surface area contributed by atoms with E-state index in [2.05, 4.69) is 64.5 Å². The standard InChI is InChI=1S/C20H17BrO2/c1-22-18-9-6-14-12-15(21)7-8-16(14)19(18)20-17-5-3-2-4-13(17)10-11-23-20/h2-9,12,20H,10-11H2,1H3/t20-/m0/s1. The van der Waals surface area contributed by atoms with Crippen LogP contribution >= 0.6 is 15.9 Å². The Hall–Kier alpha value is -1.84. The Labute approximate surface area is 144 Å². The van der Waals surface area contributed by atoms with Crippen molar-refractivity contribution in [1.82, 2.24) is 0 Å². The van der Waals surface area contributed by atoms with Gasteiger partial charge in [0.1, 0.15) is 11.9 Å². The Morgan fingerprint density at radius 2 is 1.96 bits per heavy atom. The molecule has 1 aliphatic heterocycles. The molecule has 0 N–H and O–H groups in total. The van der Waals surface area contributed by atoms with E-state index < -0.39 is 0 Å². The summed E-state index contributed by atoms with van der Waals surface area (Å²) in [6, 6.07) is 19.0. The van der Waals surface area contributed by atoms with Gasteiger partial charge in [0.05, 0.1) is 13.7 Å². The van der Waals surface area contributed by atoms with E-state index in [1.165, 1.54) is 21.9 Å². The molecule has 4 rings (SSSR count). The number of benzene rings is 3. The molecule has 0 aliphatic carbocycles. The van der Waals surface area contributed by atoms with E-state index in [4.69, 9.17) is 9.47 Å². The van der Waals surface area contributed by atoms with Crippen LogP contribution in [-0.2, 0) is 11.2 Å². The third-order valence-electron chi connectivity index (χ3n) is 4.46. The van der Waals surface area contributed by atoms with Crippen molar-refractivity contribution in [1.29, 1.82) is 0 Å². The van der Waals surface area contributed by atoms with E-state index in [9.17, 15) is 0 Å². The van der Waals surface area contributed by atoms with Crippen molar-refractivity contribution in [3.63, 3.8) is 0 Å². The SMILES string of the molecule is COc1ccc2cc(Br)ccc2c1[C@H]1OCCc2ccccc21. The van der Waals surface area contributed by atoms with Crippen LogP contribution in [-0.4, -0.2) is 13.7 Å². The molecule has 0 aromatic heterocycles. The zero-order valence-corrected chi connectivity index (χ0v) is 14.5. The lowest BCUT2D eigenvalue weighted by molar-refractivity contribution is 0.0691. The zero-order chi connectivity index (χ0) is 15.8. The summed E-state index contributed by atoms with van der Waals surface area (Å²) in [6.45, 7) is 0.734. The summed E-state index contributed by atoms with van der Waals surface area (Å²) in [5.41, 5.74) is 3.72. The van der Waals surface area contributed by atoms with E-state index in [-0.39, 0.29) is 6.10 Å². The fourth-order valence-electron chi connectivity index (χ4n) is 3.39. The lowest BCUT2D eigenvalue weighted by atomic mass is 9.90. The van der Waals surface area contributed by atoms with E-state index in [0.717, 1.165) is 28.8 Å². The van der Waals surface area contributed by atoms with Gasteiger partial charge in [-0.2, -0.15) is 0 Å². The van der Waals surface area contributed by atoms with E-state index >= 15 is 0 Å². The maximum absolute atomic E-state index is 6.18. The van der Waals surface area contributed by atoms with Gasteiger partial charge in [0.25, 0.3) is 0 Å². The smallest absolute Gasteiger partial charge is 0.125 e. The molecule has 0 fully saturated rings. The predicted octanol–water partition coefficient (Wildman–Crippen LogP) is 5.27. The van der Waals surface area contributed by atoms with Gasteiger partial charge in [0.15, 0.2) is 0 Å². The van der Waals surface area contributed by atoms with Crippen LogP contribution in [0, 0.1) is 0 Å². The molecular formula is C20H17BrO2. The Kier molecular flexibility index (Phi) is 3.83. The highest BCUT2D eigenvalue weighted by molar-refractivity contribution is 9.10. The summed E-state index contributed by atoms with van der Waals surface area (Å²) >= 11 is 3.55. The first-order valence-electron chi connectivity index (χ1n) is 7.73. The predicted molar refractivity (Wildman–Crippen MR) is 96.1 cm³/mol. The molecule has 1 heterocycles. The second-order valence-corrected chi connectivity index (χ2v) is 6.66. The Morgan fingerprint density at radius 3 is 2.83 bits per heavy atom. The highest BCUT2D eigenvalue weighted by Gasteiger charge is 2.26. The third-order valence-corrected chi connectivity index (χ3v) is 4.95. The van der Waals surface area contributed by atoms with Crippen LogP contribution in [0.25, 0.3) is 10.8 Å². The molecule has 3 aromatic rings. The third kappa shape index (κ3) is 2.54. The van der Waals surface area contributed by atoms with Crippen molar-refractivity contribution in [3.05, 3.63) is 75.8 Å². The number of fused-ring (bicyclic) bond motifs is 2. The lowest BCUT2D eigenvalue weighted by Crippen LogP contribution is -2.18. The number of halogens is 1. The molecule has 0 bridgehead atoms.